The highest BCUT2D eigenvalue weighted by Crippen LogP contribution is 2.17. The van der Waals surface area contributed by atoms with Crippen LogP contribution in [0.2, 0.25) is 0 Å². The van der Waals surface area contributed by atoms with E-state index in [0.717, 1.165) is 11.9 Å². The van der Waals surface area contributed by atoms with Crippen molar-refractivity contribution >= 4 is 15.5 Å². The highest BCUT2D eigenvalue weighted by Gasteiger charge is 2.14. The van der Waals surface area contributed by atoms with Crippen molar-refractivity contribution in [2.45, 2.75) is 12.5 Å². The third kappa shape index (κ3) is 3.04. The predicted molar refractivity (Wildman–Crippen MR) is 64.5 cm³/mol. The first-order valence-electron chi connectivity index (χ1n) is 5.25. The van der Waals surface area contributed by atoms with Gasteiger partial charge in [-0.05, 0) is 18.6 Å². The second-order valence-corrected chi connectivity index (χ2v) is 6.33. The first-order valence-corrected chi connectivity index (χ1v) is 7.31. The summed E-state index contributed by atoms with van der Waals surface area (Å²) < 4.78 is 23.8. The van der Waals surface area contributed by atoms with E-state index in [-0.39, 0.29) is 12.2 Å². The lowest BCUT2D eigenvalue weighted by Gasteiger charge is -2.05. The minimum absolute atomic E-state index is 0.0396. The minimum Gasteiger partial charge on any atom is -0.387 e. The molecule has 2 aromatic heterocycles. The summed E-state index contributed by atoms with van der Waals surface area (Å²) in [6.45, 7) is 0. The van der Waals surface area contributed by atoms with Crippen LogP contribution >= 0.6 is 0 Å². The first-order chi connectivity index (χ1) is 7.96. The number of rotatable bonds is 4. The molecule has 0 aliphatic rings. The maximum absolute atomic E-state index is 11.0. The Hall–Kier alpha value is -1.40. The average molecular weight is 254 g/mol. The number of imidazole rings is 1. The largest absolute Gasteiger partial charge is 0.387 e. The zero-order chi connectivity index (χ0) is 12.5. The highest BCUT2D eigenvalue weighted by atomic mass is 32.2. The molecular formula is C11H14N2O3S. The third-order valence-corrected chi connectivity index (χ3v) is 3.46. The molecule has 0 fully saturated rings. The van der Waals surface area contributed by atoms with Crippen molar-refractivity contribution in [1.29, 1.82) is 0 Å². The Morgan fingerprint density at radius 3 is 2.88 bits per heavy atom. The van der Waals surface area contributed by atoms with Gasteiger partial charge in [-0.25, -0.2) is 13.4 Å². The van der Waals surface area contributed by atoms with Gasteiger partial charge in [0.1, 0.15) is 15.5 Å². The van der Waals surface area contributed by atoms with Crippen LogP contribution in [0.5, 0.6) is 0 Å². The van der Waals surface area contributed by atoms with Gasteiger partial charge < -0.3 is 9.51 Å². The maximum Gasteiger partial charge on any atom is 0.147 e. The van der Waals surface area contributed by atoms with Crippen molar-refractivity contribution in [2.24, 2.45) is 0 Å². The number of fused-ring (bicyclic) bond motifs is 1. The fourth-order valence-corrected chi connectivity index (χ4v) is 2.24. The van der Waals surface area contributed by atoms with Crippen molar-refractivity contribution < 1.29 is 13.5 Å². The van der Waals surface area contributed by atoms with Crippen molar-refractivity contribution in [3.05, 3.63) is 36.3 Å². The molecule has 1 unspecified atom stereocenters. The molecule has 1 atom stereocenters. The Balaban J connectivity index is 2.16. The molecule has 2 rings (SSSR count). The van der Waals surface area contributed by atoms with E-state index in [1.165, 1.54) is 0 Å². The average Bonchev–Trinajstić information content (AvgIpc) is 2.68. The van der Waals surface area contributed by atoms with Crippen LogP contribution in [0.1, 0.15) is 18.2 Å². The molecule has 92 valence electrons. The molecule has 0 aliphatic heterocycles. The monoisotopic (exact) mass is 254 g/mol. The van der Waals surface area contributed by atoms with Gasteiger partial charge in [0.2, 0.25) is 0 Å². The van der Waals surface area contributed by atoms with E-state index >= 15 is 0 Å². The summed E-state index contributed by atoms with van der Waals surface area (Å²) in [7, 11) is -3.05. The lowest BCUT2D eigenvalue weighted by Crippen LogP contribution is -2.08. The molecule has 0 radical (unpaired) electrons. The normalized spacial score (nSPS) is 14.0. The minimum atomic E-state index is -3.05. The van der Waals surface area contributed by atoms with E-state index < -0.39 is 15.9 Å². The Morgan fingerprint density at radius 1 is 1.47 bits per heavy atom. The van der Waals surface area contributed by atoms with Crippen LogP contribution in [0.3, 0.4) is 0 Å². The van der Waals surface area contributed by atoms with E-state index in [2.05, 4.69) is 4.98 Å². The summed E-state index contributed by atoms with van der Waals surface area (Å²) in [6.07, 6.45) is 4.02. The molecule has 0 aromatic carbocycles. The van der Waals surface area contributed by atoms with Gasteiger partial charge in [0.15, 0.2) is 0 Å². The molecule has 0 aliphatic carbocycles. The van der Waals surface area contributed by atoms with Crippen molar-refractivity contribution in [2.75, 3.05) is 12.0 Å². The van der Waals surface area contributed by atoms with Gasteiger partial charge in [0, 0.05) is 18.6 Å². The molecular weight excluding hydrogens is 240 g/mol. The Bertz CT molecular complexity index is 585. The van der Waals surface area contributed by atoms with Gasteiger partial charge in [-0.2, -0.15) is 0 Å². The topological polar surface area (TPSA) is 71.7 Å². The van der Waals surface area contributed by atoms with Crippen LogP contribution in [0, 0.1) is 0 Å². The van der Waals surface area contributed by atoms with E-state index in [4.69, 9.17) is 0 Å². The SMILES string of the molecule is CS(=O)(=O)CCC(O)c1cn2ccccc2n1. The molecule has 2 aromatic rings. The molecule has 0 amide bonds. The molecule has 0 bridgehead atoms. The molecule has 0 saturated heterocycles. The zero-order valence-corrected chi connectivity index (χ0v) is 10.3. The summed E-state index contributed by atoms with van der Waals surface area (Å²) in [5, 5.41) is 9.84. The third-order valence-electron chi connectivity index (χ3n) is 2.49. The van der Waals surface area contributed by atoms with Gasteiger partial charge in [-0.15, -0.1) is 0 Å². The second-order valence-electron chi connectivity index (χ2n) is 4.07. The van der Waals surface area contributed by atoms with Crippen molar-refractivity contribution in [3.63, 3.8) is 0 Å². The molecule has 2 heterocycles. The number of sulfone groups is 1. The number of aromatic nitrogens is 2. The summed E-state index contributed by atoms with van der Waals surface area (Å²) in [5.74, 6) is -0.0396. The van der Waals surface area contributed by atoms with E-state index in [9.17, 15) is 13.5 Å². The fourth-order valence-electron chi connectivity index (χ4n) is 1.59. The van der Waals surface area contributed by atoms with Gasteiger partial charge in [0.05, 0.1) is 17.6 Å². The van der Waals surface area contributed by atoms with E-state index in [0.29, 0.717) is 5.69 Å². The Morgan fingerprint density at radius 2 is 2.24 bits per heavy atom. The number of aliphatic hydroxyl groups is 1. The van der Waals surface area contributed by atoms with Crippen LogP contribution in [0.15, 0.2) is 30.6 Å². The molecule has 0 saturated carbocycles. The fraction of sp³-hybridized carbons (Fsp3) is 0.364. The first kappa shape index (κ1) is 12.1. The van der Waals surface area contributed by atoms with Crippen molar-refractivity contribution in [1.82, 2.24) is 9.38 Å². The molecule has 6 heteroatoms. The lowest BCUT2D eigenvalue weighted by molar-refractivity contribution is 0.170. The van der Waals surface area contributed by atoms with E-state index in [1.54, 1.807) is 10.6 Å². The molecule has 1 N–H and O–H groups in total. The second kappa shape index (κ2) is 4.46. The Kier molecular flexibility index (Phi) is 3.17. The highest BCUT2D eigenvalue weighted by molar-refractivity contribution is 7.90. The van der Waals surface area contributed by atoms with Crippen molar-refractivity contribution in [3.8, 4) is 0 Å². The van der Waals surface area contributed by atoms with Gasteiger partial charge in [-0.3, -0.25) is 0 Å². The zero-order valence-electron chi connectivity index (χ0n) is 9.44. The van der Waals surface area contributed by atoms with Gasteiger partial charge in [0.25, 0.3) is 0 Å². The number of hydrogen-bond donors (Lipinski definition) is 1. The van der Waals surface area contributed by atoms with Crippen LogP contribution in [0.25, 0.3) is 5.65 Å². The van der Waals surface area contributed by atoms with Crippen LogP contribution < -0.4 is 0 Å². The Labute approximate surface area is 99.6 Å². The number of hydrogen-bond acceptors (Lipinski definition) is 4. The molecule has 0 spiro atoms. The maximum atomic E-state index is 11.0. The summed E-state index contributed by atoms with van der Waals surface area (Å²) in [4.78, 5) is 4.23. The predicted octanol–water partition coefficient (Wildman–Crippen LogP) is 0.802. The summed E-state index contributed by atoms with van der Waals surface area (Å²) in [5.41, 5.74) is 1.24. The van der Waals surface area contributed by atoms with Crippen LogP contribution in [-0.4, -0.2) is 34.9 Å². The van der Waals surface area contributed by atoms with Gasteiger partial charge in [-0.1, -0.05) is 6.07 Å². The number of pyridine rings is 1. The van der Waals surface area contributed by atoms with Crippen LogP contribution in [-0.2, 0) is 9.84 Å². The van der Waals surface area contributed by atoms with Gasteiger partial charge >= 0.3 is 0 Å². The smallest absolute Gasteiger partial charge is 0.147 e. The number of aliphatic hydroxyl groups excluding tert-OH is 1. The molecule has 17 heavy (non-hydrogen) atoms. The number of nitrogens with zero attached hydrogens (tertiary/aromatic N) is 2. The van der Waals surface area contributed by atoms with Crippen LogP contribution in [0.4, 0.5) is 0 Å². The standard InChI is InChI=1S/C11H14N2O3S/c1-17(15,16)7-5-10(14)9-8-13-6-3-2-4-11(13)12-9/h2-4,6,8,10,14H,5,7H2,1H3. The quantitative estimate of drug-likeness (QED) is 0.876. The lowest BCUT2D eigenvalue weighted by atomic mass is 10.2. The molecule has 5 nitrogen and oxygen atoms in total. The van der Waals surface area contributed by atoms with E-state index in [1.807, 2.05) is 24.4 Å². The summed E-state index contributed by atoms with van der Waals surface area (Å²) >= 11 is 0. The summed E-state index contributed by atoms with van der Waals surface area (Å²) in [6, 6.07) is 5.54.